The predicted octanol–water partition coefficient (Wildman–Crippen LogP) is 2.60. The van der Waals surface area contributed by atoms with Gasteiger partial charge >= 0.3 is 5.97 Å². The molecule has 17 heavy (non-hydrogen) atoms. The molecule has 3 nitrogen and oxygen atoms in total. The maximum absolute atomic E-state index is 11.9. The maximum atomic E-state index is 11.9. The monoisotopic (exact) mass is 229 g/mol. The first-order valence-corrected chi connectivity index (χ1v) is 5.77. The van der Waals surface area contributed by atoms with Crippen molar-refractivity contribution in [2.45, 2.75) is 13.3 Å². The van der Waals surface area contributed by atoms with Crippen LogP contribution in [0.5, 0.6) is 0 Å². The Balaban J connectivity index is 2.26. The van der Waals surface area contributed by atoms with E-state index in [0.29, 0.717) is 13.0 Å². The topological polar surface area (TPSA) is 39.2 Å². The molecule has 0 spiro atoms. The van der Waals surface area contributed by atoms with Crippen LogP contribution in [-0.4, -0.2) is 17.6 Å². The van der Waals surface area contributed by atoms with Gasteiger partial charge in [0.25, 0.3) is 0 Å². The average Bonchev–Trinajstić information content (AvgIpc) is 2.40. The molecule has 1 aliphatic carbocycles. The predicted molar refractivity (Wildman–Crippen MR) is 66.1 cm³/mol. The molecular formula is C14H15NO2. The minimum Gasteiger partial charge on any atom is -0.466 e. The summed E-state index contributed by atoms with van der Waals surface area (Å²) in [5.74, 6) is -0.399. The third-order valence-corrected chi connectivity index (χ3v) is 2.69. The van der Waals surface area contributed by atoms with E-state index in [4.69, 9.17) is 4.74 Å². The Morgan fingerprint density at radius 2 is 2.41 bits per heavy atom. The number of allylic oxidation sites excluding steroid dienone is 3. The molecule has 0 N–H and O–H groups in total. The zero-order valence-electron chi connectivity index (χ0n) is 9.80. The Bertz CT molecular complexity index is 449. The van der Waals surface area contributed by atoms with Gasteiger partial charge in [0, 0.05) is 6.20 Å². The van der Waals surface area contributed by atoms with E-state index in [9.17, 15) is 4.79 Å². The van der Waals surface area contributed by atoms with E-state index in [2.05, 4.69) is 4.98 Å². The molecule has 88 valence electrons. The molecule has 3 heteroatoms. The van der Waals surface area contributed by atoms with Crippen molar-refractivity contribution in [1.29, 1.82) is 0 Å². The molecule has 0 aromatic carbocycles. The molecule has 0 aliphatic heterocycles. The highest BCUT2D eigenvalue weighted by Gasteiger charge is 2.26. The van der Waals surface area contributed by atoms with E-state index in [1.54, 1.807) is 6.20 Å². The molecule has 1 aliphatic rings. The van der Waals surface area contributed by atoms with Gasteiger partial charge in [0.15, 0.2) is 0 Å². The molecule has 0 saturated carbocycles. The summed E-state index contributed by atoms with van der Waals surface area (Å²) in [6.45, 7) is 2.23. The number of hydrogen-bond acceptors (Lipinski definition) is 3. The van der Waals surface area contributed by atoms with Gasteiger partial charge in [-0.05, 0) is 31.1 Å². The Labute approximate surface area is 101 Å². The third-order valence-electron chi connectivity index (χ3n) is 2.69. The zero-order valence-corrected chi connectivity index (χ0v) is 9.80. The third kappa shape index (κ3) is 2.61. The second kappa shape index (κ2) is 5.43. The van der Waals surface area contributed by atoms with Gasteiger partial charge in [-0.25, -0.2) is 0 Å². The van der Waals surface area contributed by atoms with Gasteiger partial charge in [-0.2, -0.15) is 0 Å². The van der Waals surface area contributed by atoms with Crippen molar-refractivity contribution in [3.8, 4) is 0 Å². The number of nitrogens with zero attached hydrogens (tertiary/aromatic N) is 1. The molecule has 1 heterocycles. The number of rotatable bonds is 3. The lowest BCUT2D eigenvalue weighted by molar-refractivity contribution is -0.145. The molecule has 0 bridgehead atoms. The first kappa shape index (κ1) is 11.6. The second-order valence-corrected chi connectivity index (χ2v) is 3.81. The fraction of sp³-hybridized carbons (Fsp3) is 0.286. The van der Waals surface area contributed by atoms with Crippen LogP contribution in [0.15, 0.2) is 42.6 Å². The maximum Gasteiger partial charge on any atom is 0.313 e. The Kier molecular flexibility index (Phi) is 3.70. The van der Waals surface area contributed by atoms with Crippen LogP contribution < -0.4 is 0 Å². The molecular weight excluding hydrogens is 214 g/mol. The van der Waals surface area contributed by atoms with Crippen molar-refractivity contribution in [3.63, 3.8) is 0 Å². The number of pyridine rings is 1. The Morgan fingerprint density at radius 1 is 1.53 bits per heavy atom. The summed E-state index contributed by atoms with van der Waals surface area (Å²) in [6, 6.07) is 5.70. The smallest absolute Gasteiger partial charge is 0.313 e. The van der Waals surface area contributed by atoms with Crippen LogP contribution in [0.4, 0.5) is 0 Å². The minimum absolute atomic E-state index is 0.172. The van der Waals surface area contributed by atoms with Crippen LogP contribution in [0.2, 0.25) is 0 Å². The van der Waals surface area contributed by atoms with Gasteiger partial charge < -0.3 is 4.74 Å². The fourth-order valence-corrected chi connectivity index (χ4v) is 1.89. The van der Waals surface area contributed by atoms with Gasteiger partial charge in [0.1, 0.15) is 0 Å². The van der Waals surface area contributed by atoms with Gasteiger partial charge in [0.2, 0.25) is 0 Å². The lowest BCUT2D eigenvalue weighted by Gasteiger charge is -2.19. The summed E-state index contributed by atoms with van der Waals surface area (Å²) in [5.41, 5.74) is 1.78. The summed E-state index contributed by atoms with van der Waals surface area (Å²) >= 11 is 0. The van der Waals surface area contributed by atoms with Crippen molar-refractivity contribution in [1.82, 2.24) is 4.98 Å². The second-order valence-electron chi connectivity index (χ2n) is 3.81. The lowest BCUT2D eigenvalue weighted by atomic mass is 9.89. The van der Waals surface area contributed by atoms with Gasteiger partial charge in [-0.3, -0.25) is 9.78 Å². The number of carbonyl (C=O) groups excluding carboxylic acids is 1. The van der Waals surface area contributed by atoms with Crippen molar-refractivity contribution < 1.29 is 9.53 Å². The quantitative estimate of drug-likeness (QED) is 0.748. The molecule has 1 aromatic heterocycles. The largest absolute Gasteiger partial charge is 0.466 e. The van der Waals surface area contributed by atoms with Gasteiger partial charge in [-0.1, -0.05) is 24.3 Å². The normalized spacial score (nSPS) is 18.6. The van der Waals surface area contributed by atoms with E-state index in [0.717, 1.165) is 11.3 Å². The Hall–Kier alpha value is -1.90. The van der Waals surface area contributed by atoms with Crippen molar-refractivity contribution in [2.24, 2.45) is 5.92 Å². The summed E-state index contributed by atoms with van der Waals surface area (Å²) in [4.78, 5) is 16.1. The van der Waals surface area contributed by atoms with Crippen LogP contribution in [0.3, 0.4) is 0 Å². The van der Waals surface area contributed by atoms with E-state index >= 15 is 0 Å². The first-order valence-electron chi connectivity index (χ1n) is 5.77. The van der Waals surface area contributed by atoms with Crippen LogP contribution >= 0.6 is 0 Å². The number of ether oxygens (including phenoxy) is 1. The molecule has 1 aromatic rings. The molecule has 2 rings (SSSR count). The number of aromatic nitrogens is 1. The molecule has 0 saturated heterocycles. The van der Waals surface area contributed by atoms with Gasteiger partial charge in [-0.15, -0.1) is 0 Å². The standard InChI is InChI=1S/C14H15NO2/c1-2-17-14(16)12-8-4-3-7-11(12)13-9-5-6-10-15-13/h3-7,9-10,12H,2,8H2,1H3. The van der Waals surface area contributed by atoms with Crippen LogP contribution in [0.1, 0.15) is 19.0 Å². The number of carbonyl (C=O) groups is 1. The highest BCUT2D eigenvalue weighted by Crippen LogP contribution is 2.29. The molecule has 1 unspecified atom stereocenters. The number of esters is 1. The zero-order chi connectivity index (χ0) is 12.1. The highest BCUT2D eigenvalue weighted by atomic mass is 16.5. The SMILES string of the molecule is CCOC(=O)C1CC=CC=C1c1ccccn1. The van der Waals surface area contributed by atoms with E-state index in [1.807, 2.05) is 43.4 Å². The molecule has 1 atom stereocenters. The molecule has 0 fully saturated rings. The first-order chi connectivity index (χ1) is 8.33. The summed E-state index contributed by atoms with van der Waals surface area (Å²) in [6.07, 6.45) is 8.29. The van der Waals surface area contributed by atoms with E-state index < -0.39 is 0 Å². The number of hydrogen-bond donors (Lipinski definition) is 0. The van der Waals surface area contributed by atoms with Crippen LogP contribution in [-0.2, 0) is 9.53 Å². The highest BCUT2D eigenvalue weighted by molar-refractivity contribution is 5.89. The van der Waals surface area contributed by atoms with Crippen molar-refractivity contribution in [2.75, 3.05) is 6.61 Å². The van der Waals surface area contributed by atoms with Crippen LogP contribution in [0, 0.1) is 5.92 Å². The Morgan fingerprint density at radius 3 is 3.12 bits per heavy atom. The van der Waals surface area contributed by atoms with Crippen molar-refractivity contribution in [3.05, 3.63) is 48.3 Å². The summed E-state index contributed by atoms with van der Waals surface area (Å²) in [5, 5.41) is 0. The molecule has 0 amide bonds. The van der Waals surface area contributed by atoms with E-state index in [1.165, 1.54) is 0 Å². The van der Waals surface area contributed by atoms with Crippen molar-refractivity contribution >= 4 is 11.5 Å². The van der Waals surface area contributed by atoms with Crippen LogP contribution in [0.25, 0.3) is 5.57 Å². The molecule has 0 radical (unpaired) electrons. The summed E-state index contributed by atoms with van der Waals surface area (Å²) < 4.78 is 5.09. The summed E-state index contributed by atoms with van der Waals surface area (Å²) in [7, 11) is 0. The lowest BCUT2D eigenvalue weighted by Crippen LogP contribution is -2.20. The fourth-order valence-electron chi connectivity index (χ4n) is 1.89. The minimum atomic E-state index is -0.227. The van der Waals surface area contributed by atoms with Gasteiger partial charge in [0.05, 0.1) is 18.2 Å². The van der Waals surface area contributed by atoms with E-state index in [-0.39, 0.29) is 11.9 Å². The average molecular weight is 229 g/mol.